The van der Waals surface area contributed by atoms with Crippen LogP contribution in [0, 0.1) is 6.92 Å². The van der Waals surface area contributed by atoms with E-state index in [0.717, 1.165) is 54.4 Å². The van der Waals surface area contributed by atoms with E-state index in [1.165, 1.54) is 53.9 Å². The molecule has 0 radical (unpaired) electrons. The number of nitrogens with one attached hydrogen (secondary N) is 4. The molecule has 40 heavy (non-hydrogen) atoms. The number of nitrogens with zero attached hydrogens (tertiary/aromatic N) is 4. The quantitative estimate of drug-likeness (QED) is 0.203. The molecule has 8 nitrogen and oxygen atoms in total. The van der Waals surface area contributed by atoms with Crippen molar-refractivity contribution in [2.75, 3.05) is 29.9 Å². The van der Waals surface area contributed by atoms with E-state index in [2.05, 4.69) is 102 Å². The van der Waals surface area contributed by atoms with Crippen LogP contribution in [0.4, 0.5) is 17.1 Å². The first-order valence-corrected chi connectivity index (χ1v) is 14.7. The zero-order valence-corrected chi connectivity index (χ0v) is 23.2. The number of hydrogen-bond donors (Lipinski definition) is 4. The van der Waals surface area contributed by atoms with Gasteiger partial charge in [-0.15, -0.1) is 0 Å². The molecule has 0 bridgehead atoms. The van der Waals surface area contributed by atoms with Gasteiger partial charge < -0.3 is 10.2 Å². The van der Waals surface area contributed by atoms with Crippen molar-refractivity contribution in [3.8, 4) is 0 Å². The largest absolute Gasteiger partial charge is 0.381 e. The highest BCUT2D eigenvalue weighted by molar-refractivity contribution is 5.84. The zero-order valence-electron chi connectivity index (χ0n) is 23.2. The van der Waals surface area contributed by atoms with Gasteiger partial charge in [0.1, 0.15) is 0 Å². The lowest BCUT2D eigenvalue weighted by molar-refractivity contribution is 0.208. The Labute approximate surface area is 235 Å². The van der Waals surface area contributed by atoms with E-state index in [1.54, 1.807) is 0 Å². The molecule has 3 aromatic carbocycles. The zero-order chi connectivity index (χ0) is 26.9. The molecule has 2 aliphatic heterocycles. The molecule has 0 spiro atoms. The molecule has 5 aromatic rings. The summed E-state index contributed by atoms with van der Waals surface area (Å²) in [7, 11) is 0. The van der Waals surface area contributed by atoms with Crippen LogP contribution in [0.25, 0.3) is 21.8 Å². The lowest BCUT2D eigenvalue weighted by Gasteiger charge is -2.38. The van der Waals surface area contributed by atoms with Crippen LogP contribution in [-0.4, -0.2) is 57.1 Å². The van der Waals surface area contributed by atoms with Gasteiger partial charge in [-0.05, 0) is 106 Å². The second-order valence-electron chi connectivity index (χ2n) is 11.5. The summed E-state index contributed by atoms with van der Waals surface area (Å²) in [5.74, 6) is 0. The smallest absolute Gasteiger partial charge is 0.0845 e. The summed E-state index contributed by atoms with van der Waals surface area (Å²) in [6.07, 6.45) is 10.1. The Bertz CT molecular complexity index is 1600. The van der Waals surface area contributed by atoms with Gasteiger partial charge in [0.2, 0.25) is 0 Å². The van der Waals surface area contributed by atoms with Gasteiger partial charge >= 0.3 is 0 Å². The van der Waals surface area contributed by atoms with Crippen LogP contribution in [0.2, 0.25) is 0 Å². The van der Waals surface area contributed by atoms with Gasteiger partial charge in [-0.2, -0.15) is 10.2 Å². The molecule has 4 N–H and O–H groups in total. The molecule has 2 aromatic heterocycles. The Morgan fingerprint density at radius 1 is 0.900 bits per heavy atom. The monoisotopic (exact) mass is 534 g/mol. The first kappa shape index (κ1) is 25.1. The van der Waals surface area contributed by atoms with Gasteiger partial charge in [0, 0.05) is 47.0 Å². The van der Waals surface area contributed by atoms with Crippen molar-refractivity contribution in [2.24, 2.45) is 0 Å². The highest BCUT2D eigenvalue weighted by Gasteiger charge is 2.25. The molecule has 8 heteroatoms. The Balaban J connectivity index is 1.12. The van der Waals surface area contributed by atoms with Crippen LogP contribution >= 0.6 is 0 Å². The summed E-state index contributed by atoms with van der Waals surface area (Å²) >= 11 is 0. The van der Waals surface area contributed by atoms with Gasteiger partial charge in [-0.25, -0.2) is 0 Å². The van der Waals surface area contributed by atoms with Crippen LogP contribution in [0.15, 0.2) is 67.0 Å². The third-order valence-corrected chi connectivity index (χ3v) is 8.55. The summed E-state index contributed by atoms with van der Waals surface area (Å²) in [6.45, 7) is 6.43. The standard InChI is InChI=1S/C32H38N8/c1-22-7-8-23(20-39-14-4-5-27(21-39)36-26-9-11-29-24(16-26)18-34-37-29)15-31(22)40(32-6-2-3-13-33-32)28-10-12-30-25(17-28)19-35-38-30/h7-12,15-19,27,32-33,36H,2-6,13-14,20-21H2,1H3,(H,34,37)(H,35,38)/t27?,32-/m0/s1. The van der Waals surface area contributed by atoms with E-state index in [1.807, 2.05) is 12.4 Å². The maximum atomic E-state index is 4.25. The summed E-state index contributed by atoms with van der Waals surface area (Å²) in [4.78, 5) is 5.13. The molecule has 4 heterocycles. The van der Waals surface area contributed by atoms with Crippen LogP contribution in [0.3, 0.4) is 0 Å². The van der Waals surface area contributed by atoms with Crippen molar-refractivity contribution < 1.29 is 0 Å². The molecule has 2 aliphatic rings. The number of rotatable bonds is 7. The topological polar surface area (TPSA) is 87.9 Å². The predicted molar refractivity (Wildman–Crippen MR) is 163 cm³/mol. The molecule has 1 unspecified atom stereocenters. The van der Waals surface area contributed by atoms with Crippen LogP contribution in [0.1, 0.15) is 43.2 Å². The van der Waals surface area contributed by atoms with E-state index in [0.29, 0.717) is 6.04 Å². The van der Waals surface area contributed by atoms with Gasteiger partial charge in [0.05, 0.1) is 29.6 Å². The Morgan fingerprint density at radius 3 is 2.55 bits per heavy atom. The summed E-state index contributed by atoms with van der Waals surface area (Å²) in [5.41, 5.74) is 8.49. The Morgan fingerprint density at radius 2 is 1.73 bits per heavy atom. The molecule has 7 rings (SSSR count). The Hall–Kier alpha value is -3.88. The van der Waals surface area contributed by atoms with E-state index in [-0.39, 0.29) is 6.17 Å². The predicted octanol–water partition coefficient (Wildman–Crippen LogP) is 6.06. The maximum Gasteiger partial charge on any atom is 0.0845 e. The fraction of sp³-hybridized carbons (Fsp3) is 0.375. The molecule has 2 fully saturated rings. The van der Waals surface area contributed by atoms with Gasteiger partial charge in [0.15, 0.2) is 0 Å². The van der Waals surface area contributed by atoms with Crippen molar-refractivity contribution in [1.82, 2.24) is 30.6 Å². The first-order chi connectivity index (χ1) is 19.7. The van der Waals surface area contributed by atoms with Gasteiger partial charge in [0.25, 0.3) is 0 Å². The SMILES string of the molecule is Cc1ccc(CN2CCCC(Nc3ccc4[nH]ncc4c3)C2)cc1N(c1ccc2[nH]ncc2c1)[C@H]1CCCCN1. The number of piperidine rings is 2. The second-order valence-corrected chi connectivity index (χ2v) is 11.5. The van der Waals surface area contributed by atoms with Crippen LogP contribution < -0.4 is 15.5 Å². The molecule has 0 aliphatic carbocycles. The number of benzene rings is 3. The fourth-order valence-corrected chi connectivity index (χ4v) is 6.48. The average molecular weight is 535 g/mol. The van der Waals surface area contributed by atoms with Crippen molar-refractivity contribution in [2.45, 2.75) is 57.8 Å². The van der Waals surface area contributed by atoms with Crippen molar-refractivity contribution in [3.63, 3.8) is 0 Å². The van der Waals surface area contributed by atoms with E-state index in [4.69, 9.17) is 0 Å². The van der Waals surface area contributed by atoms with Gasteiger partial charge in [-0.1, -0.05) is 12.1 Å². The van der Waals surface area contributed by atoms with Gasteiger partial charge in [-0.3, -0.25) is 20.4 Å². The number of aromatic nitrogens is 4. The summed E-state index contributed by atoms with van der Waals surface area (Å²) < 4.78 is 0. The molecule has 2 atom stereocenters. The third kappa shape index (κ3) is 5.17. The maximum absolute atomic E-state index is 4.25. The van der Waals surface area contributed by atoms with E-state index < -0.39 is 0 Å². The van der Waals surface area contributed by atoms with Crippen molar-refractivity contribution in [1.29, 1.82) is 0 Å². The Kier molecular flexibility index (Phi) is 6.87. The molecule has 206 valence electrons. The summed E-state index contributed by atoms with van der Waals surface area (Å²) in [6, 6.07) is 20.6. The normalized spacial score (nSPS) is 20.2. The number of anilines is 3. The number of fused-ring (bicyclic) bond motifs is 2. The van der Waals surface area contributed by atoms with E-state index >= 15 is 0 Å². The third-order valence-electron chi connectivity index (χ3n) is 8.55. The van der Waals surface area contributed by atoms with Crippen LogP contribution in [0.5, 0.6) is 0 Å². The molecular formula is C32H38N8. The number of aromatic amines is 2. The van der Waals surface area contributed by atoms with E-state index in [9.17, 15) is 0 Å². The average Bonchev–Trinajstić information content (AvgIpc) is 3.65. The molecule has 2 saturated heterocycles. The lowest BCUT2D eigenvalue weighted by Crippen LogP contribution is -2.46. The number of hydrogen-bond acceptors (Lipinski definition) is 6. The highest BCUT2D eigenvalue weighted by atomic mass is 15.3. The minimum atomic E-state index is 0.281. The van der Waals surface area contributed by atoms with Crippen molar-refractivity contribution in [3.05, 3.63) is 78.1 Å². The fourth-order valence-electron chi connectivity index (χ4n) is 6.48. The molecular weight excluding hydrogens is 496 g/mol. The number of likely N-dealkylation sites (tertiary alicyclic amines) is 1. The number of aryl methyl sites for hydroxylation is 1. The lowest BCUT2D eigenvalue weighted by atomic mass is 10.0. The van der Waals surface area contributed by atoms with Crippen molar-refractivity contribution >= 4 is 38.9 Å². The highest BCUT2D eigenvalue weighted by Crippen LogP contribution is 2.35. The first-order valence-electron chi connectivity index (χ1n) is 14.7. The second kappa shape index (κ2) is 10.9. The minimum Gasteiger partial charge on any atom is -0.381 e. The van der Waals surface area contributed by atoms with Crippen LogP contribution in [-0.2, 0) is 6.54 Å². The minimum absolute atomic E-state index is 0.281. The molecule has 0 amide bonds. The molecule has 0 saturated carbocycles. The summed E-state index contributed by atoms with van der Waals surface area (Å²) in [5, 5.41) is 24.4. The number of H-pyrrole nitrogens is 2.